The summed E-state index contributed by atoms with van der Waals surface area (Å²) in [5.74, 6) is 0.0354. The molecule has 0 aromatic carbocycles. The molecule has 17 heavy (non-hydrogen) atoms. The van der Waals surface area contributed by atoms with E-state index in [1.807, 2.05) is 13.0 Å². The number of nitrogens with zero attached hydrogens (tertiary/aromatic N) is 1. The van der Waals surface area contributed by atoms with Gasteiger partial charge in [0.1, 0.15) is 4.60 Å². The van der Waals surface area contributed by atoms with Crippen molar-refractivity contribution in [2.45, 2.75) is 32.2 Å². The molecule has 2 N–H and O–H groups in total. The van der Waals surface area contributed by atoms with E-state index in [1.165, 1.54) is 0 Å². The van der Waals surface area contributed by atoms with Crippen LogP contribution in [0.4, 0.5) is 5.69 Å². The van der Waals surface area contributed by atoms with Gasteiger partial charge in [-0.05, 0) is 53.9 Å². The minimum atomic E-state index is -0.0623. The monoisotopic (exact) mass is 297 g/mol. The van der Waals surface area contributed by atoms with Gasteiger partial charge in [0, 0.05) is 0 Å². The van der Waals surface area contributed by atoms with Gasteiger partial charge in [0.05, 0.1) is 17.9 Å². The first-order valence-electron chi connectivity index (χ1n) is 5.83. The fraction of sp³-hybridized carbons (Fsp3) is 0.500. The molecule has 1 fully saturated rings. The van der Waals surface area contributed by atoms with Crippen LogP contribution in [0.5, 0.6) is 0 Å². The molecule has 1 saturated heterocycles. The molecule has 0 bridgehead atoms. The molecule has 1 aromatic heterocycles. The van der Waals surface area contributed by atoms with Crippen LogP contribution in [-0.2, 0) is 4.79 Å². The third-order valence-electron chi connectivity index (χ3n) is 2.91. The van der Waals surface area contributed by atoms with E-state index in [4.69, 9.17) is 0 Å². The van der Waals surface area contributed by atoms with Crippen molar-refractivity contribution in [1.82, 2.24) is 10.3 Å². The van der Waals surface area contributed by atoms with Gasteiger partial charge in [-0.15, -0.1) is 0 Å². The van der Waals surface area contributed by atoms with Gasteiger partial charge in [0.2, 0.25) is 5.91 Å². The Morgan fingerprint density at radius 3 is 3.06 bits per heavy atom. The van der Waals surface area contributed by atoms with Crippen LogP contribution in [0.15, 0.2) is 16.9 Å². The molecule has 2 heterocycles. The summed E-state index contributed by atoms with van der Waals surface area (Å²) in [5, 5.41) is 6.12. The number of hydrogen-bond acceptors (Lipinski definition) is 3. The van der Waals surface area contributed by atoms with Gasteiger partial charge < -0.3 is 10.6 Å². The number of pyridine rings is 1. The Balaban J connectivity index is 1.99. The first-order valence-corrected chi connectivity index (χ1v) is 6.62. The lowest BCUT2D eigenvalue weighted by molar-refractivity contribution is -0.118. The summed E-state index contributed by atoms with van der Waals surface area (Å²) in [4.78, 5) is 16.1. The maximum Gasteiger partial charge on any atom is 0.241 e. The highest BCUT2D eigenvalue weighted by Gasteiger charge is 2.20. The molecule has 1 amide bonds. The van der Waals surface area contributed by atoms with Crippen molar-refractivity contribution >= 4 is 27.5 Å². The first kappa shape index (κ1) is 12.5. The van der Waals surface area contributed by atoms with Gasteiger partial charge in [0.15, 0.2) is 0 Å². The quantitative estimate of drug-likeness (QED) is 0.823. The van der Waals surface area contributed by atoms with Gasteiger partial charge in [-0.1, -0.05) is 6.42 Å². The molecular formula is C12H16BrN3O. The lowest BCUT2D eigenvalue weighted by atomic mass is 10.0. The highest BCUT2D eigenvalue weighted by Crippen LogP contribution is 2.17. The second-order valence-electron chi connectivity index (χ2n) is 4.32. The molecule has 4 nitrogen and oxygen atoms in total. The summed E-state index contributed by atoms with van der Waals surface area (Å²) in [5.41, 5.74) is 1.77. The van der Waals surface area contributed by atoms with Crippen molar-refractivity contribution in [3.05, 3.63) is 22.4 Å². The molecule has 92 valence electrons. The normalized spacial score (nSPS) is 20.0. The maximum atomic E-state index is 12.0. The number of amides is 1. The molecular weight excluding hydrogens is 282 g/mol. The fourth-order valence-electron chi connectivity index (χ4n) is 1.93. The van der Waals surface area contributed by atoms with Gasteiger partial charge in [-0.25, -0.2) is 4.98 Å². The van der Waals surface area contributed by atoms with E-state index in [1.54, 1.807) is 6.20 Å². The van der Waals surface area contributed by atoms with Crippen molar-refractivity contribution in [3.8, 4) is 0 Å². The van der Waals surface area contributed by atoms with Crippen molar-refractivity contribution in [3.63, 3.8) is 0 Å². The Hall–Kier alpha value is -0.940. The van der Waals surface area contributed by atoms with Crippen LogP contribution in [0.2, 0.25) is 0 Å². The molecule has 0 radical (unpaired) electrons. The SMILES string of the molecule is Cc1cc(NC(=O)[C@@H]2CCCCN2)cnc1Br. The number of piperidine rings is 1. The Morgan fingerprint density at radius 2 is 2.41 bits per heavy atom. The van der Waals surface area contributed by atoms with Crippen molar-refractivity contribution in [2.75, 3.05) is 11.9 Å². The second-order valence-corrected chi connectivity index (χ2v) is 5.07. The van der Waals surface area contributed by atoms with E-state index in [0.29, 0.717) is 0 Å². The molecule has 0 aliphatic carbocycles. The van der Waals surface area contributed by atoms with E-state index in [9.17, 15) is 4.79 Å². The largest absolute Gasteiger partial charge is 0.323 e. The summed E-state index contributed by atoms with van der Waals surface area (Å²) in [6, 6.07) is 1.85. The number of aryl methyl sites for hydroxylation is 1. The summed E-state index contributed by atoms with van der Waals surface area (Å²) in [6.45, 7) is 2.88. The molecule has 0 saturated carbocycles. The number of anilines is 1. The minimum absolute atomic E-state index is 0.0354. The molecule has 1 atom stereocenters. The molecule has 2 rings (SSSR count). The molecule has 1 aliphatic rings. The molecule has 1 aromatic rings. The summed E-state index contributed by atoms with van der Waals surface area (Å²) in [7, 11) is 0. The molecule has 1 aliphatic heterocycles. The zero-order chi connectivity index (χ0) is 12.3. The van der Waals surface area contributed by atoms with E-state index >= 15 is 0 Å². The number of nitrogens with one attached hydrogen (secondary N) is 2. The van der Waals surface area contributed by atoms with Gasteiger partial charge in [-0.3, -0.25) is 4.79 Å². The number of hydrogen-bond donors (Lipinski definition) is 2. The van der Waals surface area contributed by atoms with E-state index in [0.717, 1.165) is 41.7 Å². The van der Waals surface area contributed by atoms with E-state index in [2.05, 4.69) is 31.5 Å². The Labute approximate surface area is 109 Å². The van der Waals surface area contributed by atoms with Gasteiger partial charge >= 0.3 is 0 Å². The maximum absolute atomic E-state index is 12.0. The van der Waals surface area contributed by atoms with Crippen LogP contribution in [0, 0.1) is 6.92 Å². The van der Waals surface area contributed by atoms with Crippen LogP contribution in [0.1, 0.15) is 24.8 Å². The number of rotatable bonds is 2. The number of halogens is 1. The Kier molecular flexibility index (Phi) is 4.12. The lowest BCUT2D eigenvalue weighted by Gasteiger charge is -2.22. The predicted molar refractivity (Wildman–Crippen MR) is 70.9 cm³/mol. The third-order valence-corrected chi connectivity index (χ3v) is 3.74. The molecule has 0 unspecified atom stereocenters. The zero-order valence-electron chi connectivity index (χ0n) is 9.79. The fourth-order valence-corrected chi connectivity index (χ4v) is 2.15. The summed E-state index contributed by atoms with van der Waals surface area (Å²) < 4.78 is 0.811. The van der Waals surface area contributed by atoms with E-state index in [-0.39, 0.29) is 11.9 Å². The van der Waals surface area contributed by atoms with Gasteiger partial charge in [-0.2, -0.15) is 0 Å². The zero-order valence-corrected chi connectivity index (χ0v) is 11.4. The second kappa shape index (κ2) is 5.60. The third kappa shape index (κ3) is 3.26. The average molecular weight is 298 g/mol. The van der Waals surface area contributed by atoms with Crippen LogP contribution in [0.25, 0.3) is 0 Å². The molecule has 0 spiro atoms. The Morgan fingerprint density at radius 1 is 1.59 bits per heavy atom. The minimum Gasteiger partial charge on any atom is -0.323 e. The standard InChI is InChI=1S/C12H16BrN3O/c1-8-6-9(7-15-11(8)13)16-12(17)10-4-2-3-5-14-10/h6-7,10,14H,2-5H2,1H3,(H,16,17)/t10-/m0/s1. The Bertz CT molecular complexity index is 416. The van der Waals surface area contributed by atoms with Crippen LogP contribution in [-0.4, -0.2) is 23.5 Å². The number of carbonyl (C=O) groups is 1. The van der Waals surface area contributed by atoms with Crippen molar-refractivity contribution < 1.29 is 4.79 Å². The van der Waals surface area contributed by atoms with Crippen LogP contribution >= 0.6 is 15.9 Å². The highest BCUT2D eigenvalue weighted by atomic mass is 79.9. The van der Waals surface area contributed by atoms with E-state index < -0.39 is 0 Å². The lowest BCUT2D eigenvalue weighted by Crippen LogP contribution is -2.43. The summed E-state index contributed by atoms with van der Waals surface area (Å²) >= 11 is 3.34. The van der Waals surface area contributed by atoms with Crippen molar-refractivity contribution in [1.29, 1.82) is 0 Å². The summed E-state index contributed by atoms with van der Waals surface area (Å²) in [6.07, 6.45) is 4.85. The number of aromatic nitrogens is 1. The van der Waals surface area contributed by atoms with Crippen LogP contribution in [0.3, 0.4) is 0 Å². The van der Waals surface area contributed by atoms with Crippen LogP contribution < -0.4 is 10.6 Å². The average Bonchev–Trinajstić information content (AvgIpc) is 2.35. The predicted octanol–water partition coefficient (Wildman–Crippen LogP) is 2.23. The van der Waals surface area contributed by atoms with Crippen molar-refractivity contribution in [2.24, 2.45) is 0 Å². The molecule has 5 heteroatoms. The van der Waals surface area contributed by atoms with Gasteiger partial charge in [0.25, 0.3) is 0 Å². The smallest absolute Gasteiger partial charge is 0.241 e. The first-order chi connectivity index (χ1) is 8.16. The number of carbonyl (C=O) groups excluding carboxylic acids is 1. The highest BCUT2D eigenvalue weighted by molar-refractivity contribution is 9.10. The topological polar surface area (TPSA) is 54.0 Å².